The van der Waals surface area contributed by atoms with E-state index in [0.29, 0.717) is 0 Å². The Kier molecular flexibility index (Phi) is 8.18. The number of sulfone groups is 1. The van der Waals surface area contributed by atoms with Crippen molar-refractivity contribution in [3.8, 4) is 0 Å². The van der Waals surface area contributed by atoms with Crippen molar-refractivity contribution in [3.63, 3.8) is 0 Å². The Morgan fingerprint density at radius 3 is 2.15 bits per heavy atom. The quantitative estimate of drug-likeness (QED) is 0.488. The van der Waals surface area contributed by atoms with Crippen LogP contribution in [0.3, 0.4) is 0 Å². The maximum Gasteiger partial charge on any atom is 0.184 e. The largest absolute Gasteiger partial charge is 0.374 e. The van der Waals surface area contributed by atoms with Gasteiger partial charge in [-0.15, -0.1) is 0 Å². The molecule has 1 heterocycles. The zero-order valence-corrected chi connectivity index (χ0v) is 20.1. The van der Waals surface area contributed by atoms with Gasteiger partial charge < -0.3 is 14.2 Å². The molecule has 0 aliphatic carbocycles. The molecule has 2 aromatic rings. The minimum Gasteiger partial charge on any atom is -0.374 e. The first-order chi connectivity index (χ1) is 15.7. The molecule has 1 fully saturated rings. The third-order valence-electron chi connectivity index (χ3n) is 5.96. The van der Waals surface area contributed by atoms with Crippen LogP contribution in [0.4, 0.5) is 0 Å². The van der Waals surface area contributed by atoms with Crippen LogP contribution in [0, 0.1) is 18.8 Å². The Balaban J connectivity index is 1.98. The summed E-state index contributed by atoms with van der Waals surface area (Å²) in [7, 11) is -2.62. The predicted molar refractivity (Wildman–Crippen MR) is 122 cm³/mol. The normalized spacial score (nSPS) is 23.1. The molecule has 2 aromatic carbocycles. The van der Waals surface area contributed by atoms with E-state index in [9.17, 15) is 18.0 Å². The first-order valence-electron chi connectivity index (χ1n) is 10.8. The number of hydrogen-bond acceptors (Lipinski definition) is 7. The van der Waals surface area contributed by atoms with Gasteiger partial charge in [-0.25, -0.2) is 8.42 Å². The van der Waals surface area contributed by atoms with Gasteiger partial charge in [-0.1, -0.05) is 48.0 Å². The van der Waals surface area contributed by atoms with Crippen LogP contribution in [0.1, 0.15) is 25.0 Å². The number of methoxy groups -OCH3 is 1. The number of Topliss-reactive ketones (excluding diaryl/α,β-unsaturated/α-hetero) is 2. The Morgan fingerprint density at radius 2 is 1.61 bits per heavy atom. The van der Waals surface area contributed by atoms with Gasteiger partial charge in [-0.2, -0.15) is 0 Å². The Hall–Kier alpha value is -2.39. The lowest BCUT2D eigenvalue weighted by molar-refractivity contribution is -0.157. The molecule has 1 aliphatic rings. The van der Waals surface area contributed by atoms with Crippen molar-refractivity contribution in [1.29, 1.82) is 0 Å². The smallest absolute Gasteiger partial charge is 0.184 e. The maximum atomic E-state index is 13.8. The summed E-state index contributed by atoms with van der Waals surface area (Å²) in [6, 6.07) is 15.9. The molecule has 4 atom stereocenters. The molecule has 0 radical (unpaired) electrons. The molecule has 7 nitrogen and oxygen atoms in total. The molecule has 178 valence electrons. The average molecular weight is 475 g/mol. The summed E-state index contributed by atoms with van der Waals surface area (Å²) in [6.07, 6.45) is -1.96. The maximum absolute atomic E-state index is 13.8. The Morgan fingerprint density at radius 1 is 1.00 bits per heavy atom. The third-order valence-corrected chi connectivity index (χ3v) is 8.23. The standard InChI is InChI=1S/C25H30O7S/c1-16-10-12-20(13-11-16)33(28,29)24-21(15-31-14-19-8-6-5-7-9-19)32-25(30-4)23(24)22(17(2)26)18(3)27/h5-13,21-25H,14-15H2,1-4H3/t21-,23-,24?,25-/m1/s1. The molecular weight excluding hydrogens is 444 g/mol. The fourth-order valence-corrected chi connectivity index (χ4v) is 6.50. The fraction of sp³-hybridized carbons (Fsp3) is 0.440. The summed E-state index contributed by atoms with van der Waals surface area (Å²) in [6.45, 7) is 4.66. The van der Waals surface area contributed by atoms with Crippen molar-refractivity contribution in [3.05, 3.63) is 65.7 Å². The van der Waals surface area contributed by atoms with Crippen molar-refractivity contribution < 1.29 is 32.2 Å². The van der Waals surface area contributed by atoms with Crippen LogP contribution >= 0.6 is 0 Å². The Bertz CT molecular complexity index is 1050. The van der Waals surface area contributed by atoms with Gasteiger partial charge in [-0.3, -0.25) is 9.59 Å². The molecule has 1 saturated heterocycles. The number of carbonyl (C=O) groups is 2. The van der Waals surface area contributed by atoms with E-state index in [-0.39, 0.29) is 18.1 Å². The highest BCUT2D eigenvalue weighted by molar-refractivity contribution is 7.92. The van der Waals surface area contributed by atoms with Crippen LogP contribution < -0.4 is 0 Å². The molecule has 1 aliphatic heterocycles. The fourth-order valence-electron chi connectivity index (χ4n) is 4.42. The highest BCUT2D eigenvalue weighted by atomic mass is 32.2. The summed E-state index contributed by atoms with van der Waals surface area (Å²) in [4.78, 5) is 25.0. The summed E-state index contributed by atoms with van der Waals surface area (Å²) < 4.78 is 44.8. The zero-order valence-electron chi connectivity index (χ0n) is 19.3. The molecular formula is C25H30O7S. The predicted octanol–water partition coefficient (Wildman–Crippen LogP) is 3.14. The number of ketones is 2. The molecule has 1 unspecified atom stereocenters. The van der Waals surface area contributed by atoms with Gasteiger partial charge in [0.15, 0.2) is 16.1 Å². The van der Waals surface area contributed by atoms with Gasteiger partial charge in [-0.05, 0) is 38.5 Å². The average Bonchev–Trinajstić information content (AvgIpc) is 3.13. The van der Waals surface area contributed by atoms with E-state index < -0.39 is 50.9 Å². The second kappa shape index (κ2) is 10.7. The summed E-state index contributed by atoms with van der Waals surface area (Å²) >= 11 is 0. The monoisotopic (exact) mass is 474 g/mol. The topological polar surface area (TPSA) is 96.0 Å². The number of aryl methyl sites for hydroxylation is 1. The van der Waals surface area contributed by atoms with E-state index in [0.717, 1.165) is 11.1 Å². The molecule has 0 aromatic heterocycles. The first kappa shape index (κ1) is 25.2. The minimum absolute atomic E-state index is 0.0382. The second-order valence-corrected chi connectivity index (χ2v) is 10.5. The Labute approximate surface area is 195 Å². The lowest BCUT2D eigenvalue weighted by Crippen LogP contribution is -2.45. The van der Waals surface area contributed by atoms with Crippen LogP contribution in [0.15, 0.2) is 59.5 Å². The molecule has 3 rings (SSSR count). The van der Waals surface area contributed by atoms with Crippen molar-refractivity contribution in [2.24, 2.45) is 11.8 Å². The first-order valence-corrected chi connectivity index (χ1v) is 12.3. The van der Waals surface area contributed by atoms with Crippen molar-refractivity contribution >= 4 is 21.4 Å². The molecule has 8 heteroatoms. The highest BCUT2D eigenvalue weighted by Crippen LogP contribution is 2.41. The van der Waals surface area contributed by atoms with Crippen molar-refractivity contribution in [2.75, 3.05) is 13.7 Å². The summed E-state index contributed by atoms with van der Waals surface area (Å²) in [5, 5.41) is -1.20. The van der Waals surface area contributed by atoms with Crippen LogP contribution in [0.2, 0.25) is 0 Å². The van der Waals surface area contributed by atoms with Gasteiger partial charge in [0.25, 0.3) is 0 Å². The molecule has 0 saturated carbocycles. The summed E-state index contributed by atoms with van der Waals surface area (Å²) in [5.41, 5.74) is 1.84. The summed E-state index contributed by atoms with van der Waals surface area (Å²) in [5.74, 6) is -3.01. The number of hydrogen-bond donors (Lipinski definition) is 0. The third kappa shape index (κ3) is 5.58. The van der Waals surface area contributed by atoms with Gasteiger partial charge in [0.05, 0.1) is 24.0 Å². The van der Waals surface area contributed by atoms with E-state index in [1.807, 2.05) is 37.3 Å². The second-order valence-electron chi connectivity index (χ2n) is 8.38. The van der Waals surface area contributed by atoms with Crippen LogP contribution in [0.5, 0.6) is 0 Å². The number of carbonyl (C=O) groups excluding carboxylic acids is 2. The van der Waals surface area contributed by atoms with Crippen LogP contribution in [-0.4, -0.2) is 51.3 Å². The molecule has 0 amide bonds. The highest BCUT2D eigenvalue weighted by Gasteiger charge is 2.56. The molecule has 33 heavy (non-hydrogen) atoms. The van der Waals surface area contributed by atoms with E-state index in [4.69, 9.17) is 14.2 Å². The van der Waals surface area contributed by atoms with Crippen molar-refractivity contribution in [1.82, 2.24) is 0 Å². The van der Waals surface area contributed by atoms with Crippen LogP contribution in [0.25, 0.3) is 0 Å². The van der Waals surface area contributed by atoms with E-state index in [1.165, 1.54) is 33.1 Å². The van der Waals surface area contributed by atoms with E-state index in [1.54, 1.807) is 12.1 Å². The zero-order chi connectivity index (χ0) is 24.2. The number of rotatable bonds is 10. The van der Waals surface area contributed by atoms with E-state index in [2.05, 4.69) is 0 Å². The lowest BCUT2D eigenvalue weighted by atomic mass is 9.83. The van der Waals surface area contributed by atoms with Gasteiger partial charge in [0.1, 0.15) is 22.9 Å². The van der Waals surface area contributed by atoms with Gasteiger partial charge in [0, 0.05) is 13.0 Å². The molecule has 0 spiro atoms. The number of benzene rings is 2. The van der Waals surface area contributed by atoms with E-state index >= 15 is 0 Å². The van der Waals surface area contributed by atoms with Crippen molar-refractivity contribution in [2.45, 2.75) is 49.9 Å². The lowest BCUT2D eigenvalue weighted by Gasteiger charge is -2.28. The van der Waals surface area contributed by atoms with Gasteiger partial charge in [0.2, 0.25) is 0 Å². The number of ether oxygens (including phenoxy) is 3. The molecule has 0 bridgehead atoms. The van der Waals surface area contributed by atoms with Crippen LogP contribution in [-0.2, 0) is 40.2 Å². The van der Waals surface area contributed by atoms with Gasteiger partial charge >= 0.3 is 0 Å². The molecule has 0 N–H and O–H groups in total. The SMILES string of the molecule is CO[C@@H]1O[C@H](COCc2ccccc2)C(S(=O)(=O)c2ccc(C)cc2)[C@H]1C(C(C)=O)C(C)=O. The minimum atomic E-state index is -3.99.